The molecule has 0 spiro atoms. The minimum atomic E-state index is -0.0800. The number of hydrogen-bond donors (Lipinski definition) is 1. The second-order valence-corrected chi connectivity index (χ2v) is 5.86. The van der Waals surface area contributed by atoms with E-state index in [-0.39, 0.29) is 5.91 Å². The van der Waals surface area contributed by atoms with Gasteiger partial charge in [-0.05, 0) is 24.5 Å². The first kappa shape index (κ1) is 18.7. The number of hydrogen-bond acceptors (Lipinski definition) is 5. The van der Waals surface area contributed by atoms with Crippen LogP contribution in [0.4, 0.5) is 5.82 Å². The number of methoxy groups -OCH3 is 1. The number of benzene rings is 1. The van der Waals surface area contributed by atoms with Crippen LogP contribution in [0.5, 0.6) is 5.75 Å². The zero-order valence-electron chi connectivity index (χ0n) is 15.2. The number of unbranched alkanes of at least 4 members (excludes halogenated alkanes) is 1. The molecule has 0 unspecified atom stereocenters. The lowest BCUT2D eigenvalue weighted by atomic mass is 10.1. The van der Waals surface area contributed by atoms with E-state index in [1.807, 2.05) is 24.3 Å². The zero-order chi connectivity index (χ0) is 18.1. The Balaban J connectivity index is 1.94. The molecule has 1 N–H and O–H groups in total. The molecule has 0 aliphatic heterocycles. The van der Waals surface area contributed by atoms with Crippen molar-refractivity contribution in [2.75, 3.05) is 32.6 Å². The van der Waals surface area contributed by atoms with Crippen LogP contribution in [0, 0.1) is 0 Å². The van der Waals surface area contributed by atoms with E-state index in [0.29, 0.717) is 18.1 Å². The van der Waals surface area contributed by atoms with E-state index < -0.39 is 0 Å². The quantitative estimate of drug-likeness (QED) is 0.759. The SMILES string of the molecule is CCCCN(C)C(=O)c1cc(NCCc2ccccc2OC)ncn1. The number of aromatic nitrogens is 2. The fourth-order valence-electron chi connectivity index (χ4n) is 2.50. The van der Waals surface area contributed by atoms with Crippen molar-refractivity contribution in [1.29, 1.82) is 0 Å². The molecule has 2 aromatic rings. The van der Waals surface area contributed by atoms with Crippen molar-refractivity contribution in [3.8, 4) is 5.75 Å². The molecule has 1 amide bonds. The lowest BCUT2D eigenvalue weighted by molar-refractivity contribution is 0.0787. The molecule has 134 valence electrons. The van der Waals surface area contributed by atoms with Crippen LogP contribution >= 0.6 is 0 Å². The average molecular weight is 342 g/mol. The van der Waals surface area contributed by atoms with Gasteiger partial charge in [-0.25, -0.2) is 9.97 Å². The fourth-order valence-corrected chi connectivity index (χ4v) is 2.50. The lowest BCUT2D eigenvalue weighted by Gasteiger charge is -2.16. The summed E-state index contributed by atoms with van der Waals surface area (Å²) in [6.07, 6.45) is 4.26. The number of para-hydroxylation sites is 1. The Morgan fingerprint density at radius 2 is 2.08 bits per heavy atom. The van der Waals surface area contributed by atoms with Crippen molar-refractivity contribution in [2.24, 2.45) is 0 Å². The molecule has 0 saturated carbocycles. The van der Waals surface area contributed by atoms with Crippen molar-refractivity contribution in [3.05, 3.63) is 47.9 Å². The van der Waals surface area contributed by atoms with Gasteiger partial charge < -0.3 is 15.0 Å². The summed E-state index contributed by atoms with van der Waals surface area (Å²) in [7, 11) is 3.47. The van der Waals surface area contributed by atoms with Crippen LogP contribution in [0.15, 0.2) is 36.7 Å². The molecular weight excluding hydrogens is 316 g/mol. The van der Waals surface area contributed by atoms with Gasteiger partial charge in [0.15, 0.2) is 0 Å². The van der Waals surface area contributed by atoms with Gasteiger partial charge in [-0.2, -0.15) is 0 Å². The molecule has 0 bridgehead atoms. The average Bonchev–Trinajstić information content (AvgIpc) is 2.66. The monoisotopic (exact) mass is 342 g/mol. The van der Waals surface area contributed by atoms with Crippen LogP contribution in [-0.4, -0.2) is 48.0 Å². The number of nitrogens with one attached hydrogen (secondary N) is 1. The highest BCUT2D eigenvalue weighted by Gasteiger charge is 2.13. The summed E-state index contributed by atoms with van der Waals surface area (Å²) in [5, 5.41) is 3.24. The number of carbonyl (C=O) groups is 1. The van der Waals surface area contributed by atoms with Crippen molar-refractivity contribution < 1.29 is 9.53 Å². The van der Waals surface area contributed by atoms with Gasteiger partial charge in [0.1, 0.15) is 23.6 Å². The van der Waals surface area contributed by atoms with E-state index in [1.165, 1.54) is 6.33 Å². The molecule has 2 rings (SSSR count). The van der Waals surface area contributed by atoms with Crippen LogP contribution in [0.2, 0.25) is 0 Å². The Morgan fingerprint density at radius 3 is 2.84 bits per heavy atom. The zero-order valence-corrected chi connectivity index (χ0v) is 15.2. The summed E-state index contributed by atoms with van der Waals surface area (Å²) in [5.41, 5.74) is 1.54. The highest BCUT2D eigenvalue weighted by Crippen LogP contribution is 2.17. The van der Waals surface area contributed by atoms with Gasteiger partial charge in [0.05, 0.1) is 7.11 Å². The van der Waals surface area contributed by atoms with Crippen molar-refractivity contribution >= 4 is 11.7 Å². The number of nitrogens with zero attached hydrogens (tertiary/aromatic N) is 3. The van der Waals surface area contributed by atoms with E-state index >= 15 is 0 Å². The van der Waals surface area contributed by atoms with E-state index in [2.05, 4.69) is 22.2 Å². The third-order valence-corrected chi connectivity index (χ3v) is 3.97. The molecule has 0 aliphatic rings. The van der Waals surface area contributed by atoms with Gasteiger partial charge in [0, 0.05) is 26.2 Å². The largest absolute Gasteiger partial charge is 0.496 e. The van der Waals surface area contributed by atoms with Crippen LogP contribution in [0.1, 0.15) is 35.8 Å². The summed E-state index contributed by atoms with van der Waals surface area (Å²) in [6, 6.07) is 9.63. The maximum Gasteiger partial charge on any atom is 0.272 e. The third-order valence-electron chi connectivity index (χ3n) is 3.97. The van der Waals surface area contributed by atoms with Crippen molar-refractivity contribution in [3.63, 3.8) is 0 Å². The van der Waals surface area contributed by atoms with E-state index in [9.17, 15) is 4.79 Å². The highest BCUT2D eigenvalue weighted by molar-refractivity contribution is 5.92. The van der Waals surface area contributed by atoms with Crippen molar-refractivity contribution in [1.82, 2.24) is 14.9 Å². The molecule has 1 aromatic heterocycles. The number of carbonyl (C=O) groups excluding carboxylic acids is 1. The first-order valence-electron chi connectivity index (χ1n) is 8.59. The molecule has 0 radical (unpaired) electrons. The Labute approximate surface area is 149 Å². The van der Waals surface area contributed by atoms with E-state index in [4.69, 9.17) is 4.74 Å². The summed E-state index contributed by atoms with van der Waals surface area (Å²) < 4.78 is 5.35. The standard InChI is InChI=1S/C19H26N4O2/c1-4-5-12-23(2)19(24)16-13-18(22-14-21-16)20-11-10-15-8-6-7-9-17(15)25-3/h6-9,13-14H,4-5,10-12H2,1-3H3,(H,20,21,22). The molecule has 6 nitrogen and oxygen atoms in total. The maximum absolute atomic E-state index is 12.4. The molecule has 0 fully saturated rings. The smallest absolute Gasteiger partial charge is 0.272 e. The number of ether oxygens (including phenoxy) is 1. The predicted octanol–water partition coefficient (Wildman–Crippen LogP) is 3.01. The summed E-state index contributed by atoms with van der Waals surface area (Å²) in [6.45, 7) is 3.53. The van der Waals surface area contributed by atoms with E-state index in [0.717, 1.165) is 37.1 Å². The second-order valence-electron chi connectivity index (χ2n) is 5.86. The molecule has 6 heteroatoms. The Bertz CT molecular complexity index is 691. The van der Waals surface area contributed by atoms with Gasteiger partial charge in [-0.1, -0.05) is 31.5 Å². The van der Waals surface area contributed by atoms with Gasteiger partial charge >= 0.3 is 0 Å². The minimum Gasteiger partial charge on any atom is -0.496 e. The lowest BCUT2D eigenvalue weighted by Crippen LogP contribution is -2.28. The number of anilines is 1. The van der Waals surface area contributed by atoms with Gasteiger partial charge in [0.2, 0.25) is 0 Å². The Morgan fingerprint density at radius 1 is 1.28 bits per heavy atom. The van der Waals surface area contributed by atoms with Gasteiger partial charge in [-0.15, -0.1) is 0 Å². The Kier molecular flexibility index (Phi) is 7.19. The highest BCUT2D eigenvalue weighted by atomic mass is 16.5. The summed E-state index contributed by atoms with van der Waals surface area (Å²) >= 11 is 0. The topological polar surface area (TPSA) is 67.4 Å². The summed E-state index contributed by atoms with van der Waals surface area (Å²) in [4.78, 5) is 22.4. The van der Waals surface area contributed by atoms with Gasteiger partial charge in [0.25, 0.3) is 5.91 Å². The molecule has 0 aliphatic carbocycles. The van der Waals surface area contributed by atoms with Gasteiger partial charge in [-0.3, -0.25) is 4.79 Å². The molecule has 1 aromatic carbocycles. The molecule has 1 heterocycles. The third kappa shape index (κ3) is 5.45. The molecule has 25 heavy (non-hydrogen) atoms. The number of amides is 1. The van der Waals surface area contributed by atoms with E-state index in [1.54, 1.807) is 25.1 Å². The van der Waals surface area contributed by atoms with Crippen LogP contribution in [0.25, 0.3) is 0 Å². The van der Waals surface area contributed by atoms with Crippen LogP contribution in [0.3, 0.4) is 0 Å². The normalized spacial score (nSPS) is 10.4. The van der Waals surface area contributed by atoms with Crippen LogP contribution in [-0.2, 0) is 6.42 Å². The second kappa shape index (κ2) is 9.61. The van der Waals surface area contributed by atoms with Crippen LogP contribution < -0.4 is 10.1 Å². The minimum absolute atomic E-state index is 0.0800. The molecule has 0 saturated heterocycles. The number of rotatable bonds is 9. The first-order chi connectivity index (χ1) is 12.2. The maximum atomic E-state index is 12.4. The predicted molar refractivity (Wildman–Crippen MR) is 99.1 cm³/mol. The fraction of sp³-hybridized carbons (Fsp3) is 0.421. The molecule has 0 atom stereocenters. The first-order valence-corrected chi connectivity index (χ1v) is 8.59. The Hall–Kier alpha value is -2.63. The van der Waals surface area contributed by atoms with Crippen molar-refractivity contribution in [2.45, 2.75) is 26.2 Å². The molecular formula is C19H26N4O2. The summed E-state index contributed by atoms with van der Waals surface area (Å²) in [5.74, 6) is 1.45.